The molecule has 4 rings (SSSR count). The Kier molecular flexibility index (Phi) is 4.83. The van der Waals surface area contributed by atoms with E-state index in [0.717, 1.165) is 39.4 Å². The highest BCUT2D eigenvalue weighted by atomic mass is 16.5. The number of aryl methyl sites for hydroxylation is 1. The lowest BCUT2D eigenvalue weighted by atomic mass is 10.0. The molecule has 0 saturated carbocycles. The van der Waals surface area contributed by atoms with Crippen molar-refractivity contribution in [1.82, 2.24) is 9.78 Å². The molecule has 6 nitrogen and oxygen atoms in total. The van der Waals surface area contributed by atoms with Gasteiger partial charge in [-0.25, -0.2) is 0 Å². The van der Waals surface area contributed by atoms with Crippen molar-refractivity contribution in [1.29, 1.82) is 0 Å². The number of ether oxygens (including phenoxy) is 1. The van der Waals surface area contributed by atoms with Gasteiger partial charge in [-0.2, -0.15) is 5.10 Å². The Labute approximate surface area is 164 Å². The molecule has 2 aromatic carbocycles. The van der Waals surface area contributed by atoms with Crippen LogP contribution in [0.3, 0.4) is 0 Å². The van der Waals surface area contributed by atoms with Crippen LogP contribution in [0.4, 0.5) is 11.4 Å². The summed E-state index contributed by atoms with van der Waals surface area (Å²) in [6.07, 6.45) is 11.2. The summed E-state index contributed by atoms with van der Waals surface area (Å²) in [5, 5.41) is 4.28. The van der Waals surface area contributed by atoms with Gasteiger partial charge in [-0.3, -0.25) is 9.67 Å². The molecule has 28 heavy (non-hydrogen) atoms. The third kappa shape index (κ3) is 3.48. The fraction of sp³-hybridized carbons (Fsp3) is 0.182. The van der Waals surface area contributed by atoms with Crippen molar-refractivity contribution in [3.63, 3.8) is 0 Å². The molecule has 0 atom stereocenters. The van der Waals surface area contributed by atoms with Gasteiger partial charge in [0.25, 0.3) is 0 Å². The minimum Gasteiger partial charge on any atom is -0.492 e. The average Bonchev–Trinajstić information content (AvgIpc) is 3.17. The van der Waals surface area contributed by atoms with E-state index in [2.05, 4.69) is 27.0 Å². The molecular weight excluding hydrogens is 350 g/mol. The molecule has 6 heteroatoms. The molecule has 0 radical (unpaired) electrons. The largest absolute Gasteiger partial charge is 0.492 e. The normalized spacial score (nSPS) is 12.5. The van der Waals surface area contributed by atoms with Gasteiger partial charge in [0, 0.05) is 54.4 Å². The van der Waals surface area contributed by atoms with Gasteiger partial charge in [0.1, 0.15) is 19.0 Å². The third-order valence-corrected chi connectivity index (χ3v) is 4.57. The second-order valence-corrected chi connectivity index (χ2v) is 6.55. The number of nitrogens with zero attached hydrogens (tertiary/aromatic N) is 4. The lowest BCUT2D eigenvalue weighted by molar-refractivity contribution is 0.328. The minimum atomic E-state index is 0.455. The maximum absolute atomic E-state index is 5.84. The molecule has 0 aliphatic carbocycles. The zero-order chi connectivity index (χ0) is 19.5. The highest BCUT2D eigenvalue weighted by Gasteiger charge is 2.18. The van der Waals surface area contributed by atoms with Crippen LogP contribution in [0.5, 0.6) is 5.75 Å². The maximum Gasteiger partial charge on any atom is 0.122 e. The number of anilines is 2. The second-order valence-electron chi connectivity index (χ2n) is 6.55. The van der Waals surface area contributed by atoms with Gasteiger partial charge in [0.05, 0.1) is 11.9 Å². The number of hydrogen-bond donors (Lipinski definition) is 1. The van der Waals surface area contributed by atoms with Gasteiger partial charge in [-0.05, 0) is 35.9 Å². The highest BCUT2D eigenvalue weighted by molar-refractivity contribution is 5.93. The number of nitrogens with two attached hydrogens (primary N) is 1. The van der Waals surface area contributed by atoms with Crippen LogP contribution in [0.25, 0.3) is 11.1 Å². The molecule has 3 aromatic rings. The first kappa shape index (κ1) is 17.8. The van der Waals surface area contributed by atoms with Crippen molar-refractivity contribution in [2.24, 2.45) is 17.8 Å². The summed E-state index contributed by atoms with van der Waals surface area (Å²) in [4.78, 5) is 6.65. The van der Waals surface area contributed by atoms with Crippen molar-refractivity contribution in [2.45, 2.75) is 0 Å². The number of fused-ring (bicyclic) bond motifs is 1. The van der Waals surface area contributed by atoms with Gasteiger partial charge in [-0.1, -0.05) is 5.92 Å². The number of rotatable bonds is 5. The van der Waals surface area contributed by atoms with Crippen molar-refractivity contribution in [2.75, 3.05) is 24.7 Å². The van der Waals surface area contributed by atoms with Gasteiger partial charge < -0.3 is 15.4 Å². The molecule has 0 unspecified atom stereocenters. The standard InChI is InChI=1S/C22H21N5O/c1-3-16-4-5-22-18(8-16)12-24-15-27(22)20-9-17(19-13-25-26(2)14-19)10-21(11-20)28-7-6-23/h1,4-5,8-14H,6-7,15,23H2,2H3. The molecule has 0 spiro atoms. The number of benzene rings is 2. The fourth-order valence-electron chi connectivity index (χ4n) is 3.25. The lowest BCUT2D eigenvalue weighted by Gasteiger charge is -2.28. The van der Waals surface area contributed by atoms with Gasteiger partial charge in [0.2, 0.25) is 0 Å². The van der Waals surface area contributed by atoms with Crippen LogP contribution < -0.4 is 15.4 Å². The van der Waals surface area contributed by atoms with Gasteiger partial charge in [0.15, 0.2) is 0 Å². The zero-order valence-electron chi connectivity index (χ0n) is 15.7. The molecular formula is C22H21N5O. The van der Waals surface area contributed by atoms with E-state index < -0.39 is 0 Å². The Balaban J connectivity index is 1.79. The van der Waals surface area contributed by atoms with Crippen LogP contribution in [0, 0.1) is 12.3 Å². The van der Waals surface area contributed by atoms with Crippen LogP contribution in [-0.2, 0) is 7.05 Å². The molecule has 0 amide bonds. The van der Waals surface area contributed by atoms with Crippen molar-refractivity contribution < 1.29 is 4.74 Å². The summed E-state index contributed by atoms with van der Waals surface area (Å²) in [6.45, 7) is 1.43. The lowest BCUT2D eigenvalue weighted by Crippen LogP contribution is -2.22. The fourth-order valence-corrected chi connectivity index (χ4v) is 3.25. The maximum atomic E-state index is 5.84. The quantitative estimate of drug-likeness (QED) is 0.700. The van der Waals surface area contributed by atoms with Crippen LogP contribution in [0.2, 0.25) is 0 Å². The predicted molar refractivity (Wildman–Crippen MR) is 112 cm³/mol. The monoisotopic (exact) mass is 371 g/mol. The Morgan fingerprint density at radius 1 is 1.21 bits per heavy atom. The summed E-state index contributed by atoms with van der Waals surface area (Å²) in [5.41, 5.74) is 11.5. The van der Waals surface area contributed by atoms with Crippen LogP contribution >= 0.6 is 0 Å². The Morgan fingerprint density at radius 3 is 2.86 bits per heavy atom. The van der Waals surface area contributed by atoms with E-state index in [4.69, 9.17) is 16.9 Å². The first-order chi connectivity index (χ1) is 13.7. The van der Waals surface area contributed by atoms with E-state index in [1.165, 1.54) is 0 Å². The van der Waals surface area contributed by atoms with E-state index in [1.807, 2.05) is 56.0 Å². The van der Waals surface area contributed by atoms with E-state index in [-0.39, 0.29) is 0 Å². The Bertz CT molecular complexity index is 1080. The molecule has 0 bridgehead atoms. The van der Waals surface area contributed by atoms with Crippen molar-refractivity contribution >= 4 is 17.6 Å². The van der Waals surface area contributed by atoms with E-state index in [1.54, 1.807) is 4.68 Å². The van der Waals surface area contributed by atoms with Crippen LogP contribution in [-0.4, -0.2) is 35.8 Å². The summed E-state index contributed by atoms with van der Waals surface area (Å²) < 4.78 is 7.62. The molecule has 0 saturated heterocycles. The molecule has 1 aromatic heterocycles. The molecule has 0 fully saturated rings. The number of aliphatic imine (C=N–C) groups is 1. The first-order valence-electron chi connectivity index (χ1n) is 9.03. The van der Waals surface area contributed by atoms with Crippen LogP contribution in [0.1, 0.15) is 11.1 Å². The highest BCUT2D eigenvalue weighted by Crippen LogP contribution is 2.36. The van der Waals surface area contributed by atoms with Crippen LogP contribution in [0.15, 0.2) is 53.8 Å². The molecule has 2 heterocycles. The van der Waals surface area contributed by atoms with Gasteiger partial charge in [-0.15, -0.1) is 6.42 Å². The molecule has 2 N–H and O–H groups in total. The Morgan fingerprint density at radius 2 is 2.11 bits per heavy atom. The van der Waals surface area contributed by atoms with Gasteiger partial charge >= 0.3 is 0 Å². The molecule has 1 aliphatic heterocycles. The topological polar surface area (TPSA) is 68.7 Å². The first-order valence-corrected chi connectivity index (χ1v) is 9.03. The van der Waals surface area contributed by atoms with E-state index >= 15 is 0 Å². The predicted octanol–water partition coefficient (Wildman–Crippen LogP) is 2.93. The summed E-state index contributed by atoms with van der Waals surface area (Å²) in [6, 6.07) is 12.1. The SMILES string of the molecule is C#Cc1ccc2c(c1)C=NCN2c1cc(OCCN)cc(-c2cnn(C)c2)c1. The smallest absolute Gasteiger partial charge is 0.122 e. The number of aromatic nitrogens is 2. The number of terminal acetylenes is 1. The third-order valence-electron chi connectivity index (χ3n) is 4.57. The molecule has 1 aliphatic rings. The average molecular weight is 371 g/mol. The minimum absolute atomic E-state index is 0.455. The molecule has 140 valence electrons. The van der Waals surface area contributed by atoms with E-state index in [9.17, 15) is 0 Å². The van der Waals surface area contributed by atoms with Crippen molar-refractivity contribution in [3.05, 3.63) is 59.9 Å². The second kappa shape index (κ2) is 7.59. The number of hydrogen-bond acceptors (Lipinski definition) is 5. The zero-order valence-corrected chi connectivity index (χ0v) is 15.7. The van der Waals surface area contributed by atoms with Crippen molar-refractivity contribution in [3.8, 4) is 29.2 Å². The summed E-state index contributed by atoms with van der Waals surface area (Å²) in [7, 11) is 1.90. The Hall–Kier alpha value is -3.56. The van der Waals surface area contributed by atoms with E-state index in [0.29, 0.717) is 19.8 Å². The summed E-state index contributed by atoms with van der Waals surface area (Å²) in [5.74, 6) is 3.44. The summed E-state index contributed by atoms with van der Waals surface area (Å²) >= 11 is 0.